The third-order valence-corrected chi connectivity index (χ3v) is 9.25. The van der Waals surface area contributed by atoms with Crippen molar-refractivity contribution in [1.29, 1.82) is 0 Å². The first-order valence-corrected chi connectivity index (χ1v) is 16.2. The highest BCUT2D eigenvalue weighted by molar-refractivity contribution is 5.90. The molecule has 0 aromatic heterocycles. The first kappa shape index (κ1) is 27.9. The van der Waals surface area contributed by atoms with Crippen LogP contribution in [0, 0.1) is 0 Å². The normalized spacial score (nSPS) is 17.3. The summed E-state index contributed by atoms with van der Waals surface area (Å²) >= 11 is 0. The SMILES string of the molecule is C1=CCC(N(c2ccc3ccccc3c2)C2C=CC(c3ccc(N(c4ccccc4)c4ccc5ccccc5c4)cc3)=CC2)C=C1. The molecule has 2 heteroatoms. The molecule has 8 rings (SSSR count). The standard InChI is InChI=1S/C44H36N2/c1-3-15-39(16-4-1)45(43-29-23-33-11-7-9-13-37(33)31-43)41-25-19-35(20-26-41)36-21-27-42(28-22-36)46(40-17-5-2-6-18-40)44-30-24-34-12-8-10-14-38(34)32-44/h1-17,19-27,29-32,40,42H,18,28H2. The van der Waals surface area contributed by atoms with Crippen LogP contribution in [0.1, 0.15) is 18.4 Å². The lowest BCUT2D eigenvalue weighted by Crippen LogP contribution is -2.42. The van der Waals surface area contributed by atoms with Crippen molar-refractivity contribution in [1.82, 2.24) is 0 Å². The number of benzene rings is 6. The molecular weight excluding hydrogens is 556 g/mol. The van der Waals surface area contributed by atoms with Crippen molar-refractivity contribution in [2.24, 2.45) is 0 Å². The van der Waals surface area contributed by atoms with Crippen molar-refractivity contribution >= 4 is 49.9 Å². The van der Waals surface area contributed by atoms with Gasteiger partial charge in [-0.05, 0) is 94.1 Å². The zero-order chi connectivity index (χ0) is 30.7. The van der Waals surface area contributed by atoms with Crippen LogP contribution in [0.5, 0.6) is 0 Å². The highest BCUT2D eigenvalue weighted by Gasteiger charge is 2.25. The summed E-state index contributed by atoms with van der Waals surface area (Å²) in [7, 11) is 0. The number of anilines is 4. The first-order chi connectivity index (χ1) is 22.8. The van der Waals surface area contributed by atoms with E-state index in [9.17, 15) is 0 Å². The summed E-state index contributed by atoms with van der Waals surface area (Å²) in [5, 5.41) is 5.05. The molecule has 0 saturated heterocycles. The summed E-state index contributed by atoms with van der Waals surface area (Å²) in [5.41, 5.74) is 7.22. The van der Waals surface area contributed by atoms with Gasteiger partial charge in [0.05, 0.1) is 12.1 Å². The van der Waals surface area contributed by atoms with Crippen molar-refractivity contribution in [2.75, 3.05) is 9.80 Å². The smallest absolute Gasteiger partial charge is 0.0517 e. The quantitative estimate of drug-likeness (QED) is 0.182. The Morgan fingerprint density at radius 3 is 1.70 bits per heavy atom. The average molecular weight is 593 g/mol. The van der Waals surface area contributed by atoms with Gasteiger partial charge in [-0.25, -0.2) is 0 Å². The number of allylic oxidation sites excluding steroid dienone is 4. The Labute approximate surface area is 271 Å². The topological polar surface area (TPSA) is 6.48 Å². The van der Waals surface area contributed by atoms with Crippen molar-refractivity contribution in [3.05, 3.63) is 188 Å². The van der Waals surface area contributed by atoms with Gasteiger partial charge in [-0.3, -0.25) is 0 Å². The second kappa shape index (κ2) is 12.4. The molecule has 0 spiro atoms. The predicted molar refractivity (Wildman–Crippen MR) is 197 cm³/mol. The summed E-state index contributed by atoms with van der Waals surface area (Å²) in [6.07, 6.45) is 18.1. The zero-order valence-corrected chi connectivity index (χ0v) is 25.8. The van der Waals surface area contributed by atoms with E-state index in [1.54, 1.807) is 0 Å². The summed E-state index contributed by atoms with van der Waals surface area (Å²) in [6, 6.07) is 51.1. The van der Waals surface area contributed by atoms with Gasteiger partial charge in [0, 0.05) is 22.7 Å². The van der Waals surface area contributed by atoms with E-state index < -0.39 is 0 Å². The Morgan fingerprint density at radius 2 is 1.04 bits per heavy atom. The van der Waals surface area contributed by atoms with Crippen LogP contribution in [-0.4, -0.2) is 12.1 Å². The molecule has 0 fully saturated rings. The van der Waals surface area contributed by atoms with E-state index in [4.69, 9.17) is 0 Å². The van der Waals surface area contributed by atoms with Gasteiger partial charge in [0.15, 0.2) is 0 Å². The Balaban J connectivity index is 1.07. The molecule has 2 atom stereocenters. The minimum atomic E-state index is 0.284. The molecule has 46 heavy (non-hydrogen) atoms. The van der Waals surface area contributed by atoms with Gasteiger partial charge in [-0.15, -0.1) is 0 Å². The lowest BCUT2D eigenvalue weighted by atomic mass is 9.93. The van der Waals surface area contributed by atoms with Gasteiger partial charge < -0.3 is 9.80 Å². The maximum atomic E-state index is 2.60. The van der Waals surface area contributed by atoms with Crippen molar-refractivity contribution in [3.8, 4) is 0 Å². The summed E-state index contributed by atoms with van der Waals surface area (Å²) in [4.78, 5) is 4.94. The largest absolute Gasteiger partial charge is 0.358 e. The Bertz CT molecular complexity index is 2120. The van der Waals surface area contributed by atoms with E-state index in [0.717, 1.165) is 29.9 Å². The fourth-order valence-electron chi connectivity index (χ4n) is 6.91. The molecule has 222 valence electrons. The van der Waals surface area contributed by atoms with Gasteiger partial charge in [0.25, 0.3) is 0 Å². The lowest BCUT2D eigenvalue weighted by molar-refractivity contribution is 0.617. The molecule has 6 aromatic rings. The van der Waals surface area contributed by atoms with Crippen LogP contribution in [0.15, 0.2) is 182 Å². The Morgan fingerprint density at radius 1 is 0.457 bits per heavy atom. The van der Waals surface area contributed by atoms with E-state index >= 15 is 0 Å². The maximum Gasteiger partial charge on any atom is 0.0517 e. The molecule has 0 bridgehead atoms. The van der Waals surface area contributed by atoms with Crippen LogP contribution in [0.2, 0.25) is 0 Å². The van der Waals surface area contributed by atoms with Crippen LogP contribution >= 0.6 is 0 Å². The third kappa shape index (κ3) is 5.55. The van der Waals surface area contributed by atoms with Crippen molar-refractivity contribution in [2.45, 2.75) is 24.9 Å². The monoisotopic (exact) mass is 592 g/mol. The van der Waals surface area contributed by atoms with E-state index in [0.29, 0.717) is 6.04 Å². The number of fused-ring (bicyclic) bond motifs is 2. The fourth-order valence-corrected chi connectivity index (χ4v) is 6.91. The van der Waals surface area contributed by atoms with Crippen LogP contribution in [-0.2, 0) is 0 Å². The van der Waals surface area contributed by atoms with Gasteiger partial charge in [0.1, 0.15) is 0 Å². The minimum Gasteiger partial charge on any atom is -0.358 e. The van der Waals surface area contributed by atoms with E-state index in [1.807, 2.05) is 0 Å². The first-order valence-electron chi connectivity index (χ1n) is 16.2. The third-order valence-electron chi connectivity index (χ3n) is 9.25. The number of para-hydroxylation sites is 1. The number of hydrogen-bond donors (Lipinski definition) is 0. The van der Waals surface area contributed by atoms with Crippen molar-refractivity contribution in [3.63, 3.8) is 0 Å². The number of hydrogen-bond acceptors (Lipinski definition) is 2. The molecule has 2 unspecified atom stereocenters. The fraction of sp³-hybridized carbons (Fsp3) is 0.0909. The second-order valence-corrected chi connectivity index (χ2v) is 12.1. The molecule has 2 aliphatic carbocycles. The molecular formula is C44H36N2. The van der Waals surface area contributed by atoms with Gasteiger partial charge in [-0.2, -0.15) is 0 Å². The van der Waals surface area contributed by atoms with Crippen LogP contribution in [0.25, 0.3) is 27.1 Å². The summed E-state index contributed by atoms with van der Waals surface area (Å²) in [5.74, 6) is 0. The summed E-state index contributed by atoms with van der Waals surface area (Å²) < 4.78 is 0. The predicted octanol–water partition coefficient (Wildman–Crippen LogP) is 11.6. The maximum absolute atomic E-state index is 2.60. The molecule has 2 aliphatic rings. The van der Waals surface area contributed by atoms with Crippen molar-refractivity contribution < 1.29 is 0 Å². The molecule has 2 nitrogen and oxygen atoms in total. The van der Waals surface area contributed by atoms with E-state index in [-0.39, 0.29) is 6.04 Å². The molecule has 0 heterocycles. The molecule has 0 amide bonds. The second-order valence-electron chi connectivity index (χ2n) is 12.1. The molecule has 6 aromatic carbocycles. The minimum absolute atomic E-state index is 0.284. The van der Waals surface area contributed by atoms with Crippen LogP contribution < -0.4 is 9.80 Å². The molecule has 0 radical (unpaired) electrons. The van der Waals surface area contributed by atoms with Gasteiger partial charge >= 0.3 is 0 Å². The molecule has 0 N–H and O–H groups in total. The average Bonchev–Trinajstić information content (AvgIpc) is 3.13. The summed E-state index contributed by atoms with van der Waals surface area (Å²) in [6.45, 7) is 0. The van der Waals surface area contributed by atoms with Gasteiger partial charge in [-0.1, -0.05) is 134 Å². The van der Waals surface area contributed by atoms with Gasteiger partial charge in [0.2, 0.25) is 0 Å². The number of nitrogens with zero attached hydrogens (tertiary/aromatic N) is 2. The van der Waals surface area contributed by atoms with Crippen LogP contribution in [0.3, 0.4) is 0 Å². The Kier molecular flexibility index (Phi) is 7.54. The lowest BCUT2D eigenvalue weighted by Gasteiger charge is -2.39. The van der Waals surface area contributed by atoms with E-state index in [1.165, 1.54) is 38.4 Å². The van der Waals surface area contributed by atoms with Crippen LogP contribution in [0.4, 0.5) is 22.7 Å². The molecule has 0 saturated carbocycles. The highest BCUT2D eigenvalue weighted by atomic mass is 15.2. The Hall–Kier alpha value is -5.60. The zero-order valence-electron chi connectivity index (χ0n) is 25.8. The molecule has 0 aliphatic heterocycles. The number of rotatable bonds is 7. The highest BCUT2D eigenvalue weighted by Crippen LogP contribution is 2.37. The van der Waals surface area contributed by atoms with E-state index in [2.05, 4.69) is 192 Å².